The highest BCUT2D eigenvalue weighted by Crippen LogP contribution is 2.26. The van der Waals surface area contributed by atoms with Gasteiger partial charge in [0, 0.05) is 25.1 Å². The van der Waals surface area contributed by atoms with Gasteiger partial charge in [0.05, 0.1) is 17.5 Å². The second kappa shape index (κ2) is 8.32. The molecular weight excluding hydrogens is 376 g/mol. The molecule has 1 N–H and O–H groups in total. The van der Waals surface area contributed by atoms with Crippen LogP contribution in [0, 0.1) is 0 Å². The van der Waals surface area contributed by atoms with Crippen molar-refractivity contribution < 1.29 is 17.9 Å². The molecule has 2 aromatic rings. The molecule has 7 heteroatoms. The Hall–Kier alpha value is -2.38. The smallest absolute Gasteiger partial charge is 0.251 e. The lowest BCUT2D eigenvalue weighted by molar-refractivity contribution is 0.0939. The molecule has 1 aliphatic heterocycles. The molecule has 0 saturated heterocycles. The summed E-state index contributed by atoms with van der Waals surface area (Å²) in [7, 11) is -3.48. The molecule has 2 aromatic carbocycles. The quantitative estimate of drug-likeness (QED) is 0.772. The van der Waals surface area contributed by atoms with Crippen molar-refractivity contribution in [1.29, 1.82) is 0 Å². The van der Waals surface area contributed by atoms with Crippen LogP contribution >= 0.6 is 0 Å². The topological polar surface area (TPSA) is 75.7 Å². The average molecular weight is 403 g/mol. The van der Waals surface area contributed by atoms with E-state index in [0.29, 0.717) is 25.3 Å². The normalized spacial score (nSPS) is 14.4. The van der Waals surface area contributed by atoms with Crippen molar-refractivity contribution in [2.24, 2.45) is 0 Å². The third-order valence-electron chi connectivity index (χ3n) is 5.02. The van der Waals surface area contributed by atoms with Gasteiger partial charge in [-0.1, -0.05) is 26.0 Å². The van der Waals surface area contributed by atoms with Crippen molar-refractivity contribution in [3.8, 4) is 5.75 Å². The van der Waals surface area contributed by atoms with E-state index < -0.39 is 10.0 Å². The minimum Gasteiger partial charge on any atom is -0.493 e. The summed E-state index contributed by atoms with van der Waals surface area (Å²) in [6.45, 7) is 7.02. The number of sulfonamides is 1. The van der Waals surface area contributed by atoms with E-state index in [9.17, 15) is 13.2 Å². The maximum absolute atomic E-state index is 12.6. The standard InChI is InChI=1S/C21H26N2O4S/c1-4-23(5-2)28(25,26)19-9-6-16(7-10-19)15(3)22-21(24)18-8-11-20-17(14-18)12-13-27-20/h6-11,14-15H,4-5,12-13H2,1-3H3,(H,22,24). The number of ether oxygens (including phenoxy) is 1. The van der Waals surface area contributed by atoms with Crippen molar-refractivity contribution in [2.75, 3.05) is 19.7 Å². The summed E-state index contributed by atoms with van der Waals surface area (Å²) in [4.78, 5) is 12.8. The third-order valence-corrected chi connectivity index (χ3v) is 7.09. The van der Waals surface area contributed by atoms with E-state index in [4.69, 9.17) is 4.74 Å². The van der Waals surface area contributed by atoms with E-state index >= 15 is 0 Å². The van der Waals surface area contributed by atoms with Crippen LogP contribution < -0.4 is 10.1 Å². The zero-order chi connectivity index (χ0) is 20.3. The molecular formula is C21H26N2O4S. The van der Waals surface area contributed by atoms with Gasteiger partial charge in [-0.25, -0.2) is 8.42 Å². The van der Waals surface area contributed by atoms with E-state index in [1.54, 1.807) is 30.3 Å². The summed E-state index contributed by atoms with van der Waals surface area (Å²) in [5.41, 5.74) is 2.49. The molecule has 3 rings (SSSR count). The van der Waals surface area contributed by atoms with Crippen LogP contribution in [0.3, 0.4) is 0 Å². The van der Waals surface area contributed by atoms with Crippen LogP contribution in [-0.2, 0) is 16.4 Å². The zero-order valence-corrected chi connectivity index (χ0v) is 17.3. The Morgan fingerprint density at radius 2 is 1.82 bits per heavy atom. The molecule has 1 unspecified atom stereocenters. The molecule has 150 valence electrons. The number of benzene rings is 2. The minimum atomic E-state index is -3.48. The lowest BCUT2D eigenvalue weighted by Crippen LogP contribution is -2.30. The molecule has 0 bridgehead atoms. The van der Waals surface area contributed by atoms with E-state index in [2.05, 4.69) is 5.32 Å². The lowest BCUT2D eigenvalue weighted by atomic mass is 10.1. The van der Waals surface area contributed by atoms with Crippen LogP contribution in [0.1, 0.15) is 48.3 Å². The Balaban J connectivity index is 1.71. The van der Waals surface area contributed by atoms with Crippen LogP contribution in [-0.4, -0.2) is 38.3 Å². The van der Waals surface area contributed by atoms with Crippen LogP contribution in [0.25, 0.3) is 0 Å². The van der Waals surface area contributed by atoms with Gasteiger partial charge in [-0.3, -0.25) is 4.79 Å². The monoisotopic (exact) mass is 402 g/mol. The first-order valence-corrected chi connectivity index (χ1v) is 11.0. The molecule has 28 heavy (non-hydrogen) atoms. The zero-order valence-electron chi connectivity index (χ0n) is 16.4. The first kappa shape index (κ1) is 20.4. The molecule has 0 spiro atoms. The van der Waals surface area contributed by atoms with E-state index in [0.717, 1.165) is 23.3 Å². The number of amides is 1. The maximum atomic E-state index is 12.6. The Kier molecular flexibility index (Phi) is 6.05. The summed E-state index contributed by atoms with van der Waals surface area (Å²) >= 11 is 0. The number of hydrogen-bond donors (Lipinski definition) is 1. The van der Waals surface area contributed by atoms with Crippen molar-refractivity contribution >= 4 is 15.9 Å². The van der Waals surface area contributed by atoms with Gasteiger partial charge in [-0.05, 0) is 48.4 Å². The first-order valence-electron chi connectivity index (χ1n) is 9.53. The first-order chi connectivity index (χ1) is 13.4. The number of carbonyl (C=O) groups is 1. The number of rotatable bonds is 7. The fraction of sp³-hybridized carbons (Fsp3) is 0.381. The van der Waals surface area contributed by atoms with Gasteiger partial charge in [0.1, 0.15) is 5.75 Å². The molecule has 0 radical (unpaired) electrons. The summed E-state index contributed by atoms with van der Waals surface area (Å²) in [6, 6.07) is 11.9. The van der Waals surface area contributed by atoms with Crippen LogP contribution in [0.2, 0.25) is 0 Å². The van der Waals surface area contributed by atoms with Gasteiger partial charge < -0.3 is 10.1 Å². The molecule has 6 nitrogen and oxygen atoms in total. The number of fused-ring (bicyclic) bond motifs is 1. The highest BCUT2D eigenvalue weighted by atomic mass is 32.2. The molecule has 1 amide bonds. The van der Waals surface area contributed by atoms with Crippen LogP contribution in [0.5, 0.6) is 5.75 Å². The minimum absolute atomic E-state index is 0.165. The molecule has 1 atom stereocenters. The lowest BCUT2D eigenvalue weighted by Gasteiger charge is -2.19. The van der Waals surface area contributed by atoms with Crippen LogP contribution in [0.15, 0.2) is 47.4 Å². The molecule has 0 fully saturated rings. The number of hydrogen-bond acceptors (Lipinski definition) is 4. The highest BCUT2D eigenvalue weighted by molar-refractivity contribution is 7.89. The number of nitrogens with zero attached hydrogens (tertiary/aromatic N) is 1. The van der Waals surface area contributed by atoms with Crippen molar-refractivity contribution in [3.05, 3.63) is 59.2 Å². The largest absolute Gasteiger partial charge is 0.493 e. The van der Waals surface area contributed by atoms with Crippen molar-refractivity contribution in [2.45, 2.75) is 38.1 Å². The van der Waals surface area contributed by atoms with Crippen LogP contribution in [0.4, 0.5) is 0 Å². The van der Waals surface area contributed by atoms with E-state index in [1.807, 2.05) is 32.9 Å². The molecule has 0 aliphatic carbocycles. The fourth-order valence-electron chi connectivity index (χ4n) is 3.33. The predicted octanol–water partition coefficient (Wildman–Crippen LogP) is 3.14. The Morgan fingerprint density at radius 3 is 2.46 bits per heavy atom. The van der Waals surface area contributed by atoms with E-state index in [1.165, 1.54) is 4.31 Å². The number of nitrogens with one attached hydrogen (secondary N) is 1. The van der Waals surface area contributed by atoms with Gasteiger partial charge in [-0.15, -0.1) is 0 Å². The fourth-order valence-corrected chi connectivity index (χ4v) is 4.79. The highest BCUT2D eigenvalue weighted by Gasteiger charge is 2.22. The van der Waals surface area contributed by atoms with Gasteiger partial charge in [0.25, 0.3) is 5.91 Å². The second-order valence-electron chi connectivity index (χ2n) is 6.77. The predicted molar refractivity (Wildman–Crippen MR) is 108 cm³/mol. The Labute approximate surface area is 166 Å². The molecule has 1 aliphatic rings. The molecule has 1 heterocycles. The van der Waals surface area contributed by atoms with E-state index in [-0.39, 0.29) is 16.8 Å². The summed E-state index contributed by atoms with van der Waals surface area (Å²) < 4.78 is 32.0. The van der Waals surface area contributed by atoms with Gasteiger partial charge in [-0.2, -0.15) is 4.31 Å². The summed E-state index contributed by atoms with van der Waals surface area (Å²) in [6.07, 6.45) is 0.814. The van der Waals surface area contributed by atoms with Gasteiger partial charge in [0.15, 0.2) is 0 Å². The van der Waals surface area contributed by atoms with Crippen molar-refractivity contribution in [1.82, 2.24) is 9.62 Å². The molecule has 0 saturated carbocycles. The van der Waals surface area contributed by atoms with Gasteiger partial charge >= 0.3 is 0 Å². The SMILES string of the molecule is CCN(CC)S(=O)(=O)c1ccc(C(C)NC(=O)c2ccc3c(c2)CCO3)cc1. The Bertz CT molecular complexity index is 951. The third kappa shape index (κ3) is 4.05. The van der Waals surface area contributed by atoms with Crippen molar-refractivity contribution in [3.63, 3.8) is 0 Å². The maximum Gasteiger partial charge on any atom is 0.251 e. The Morgan fingerprint density at radius 1 is 1.14 bits per heavy atom. The second-order valence-corrected chi connectivity index (χ2v) is 8.71. The number of carbonyl (C=O) groups excluding carboxylic acids is 1. The molecule has 0 aromatic heterocycles. The van der Waals surface area contributed by atoms with Gasteiger partial charge in [0.2, 0.25) is 10.0 Å². The summed E-state index contributed by atoms with van der Waals surface area (Å²) in [5, 5.41) is 2.97. The summed E-state index contributed by atoms with van der Waals surface area (Å²) in [5.74, 6) is 0.677. The average Bonchev–Trinajstić information content (AvgIpc) is 3.16.